The van der Waals surface area contributed by atoms with Gasteiger partial charge in [-0.15, -0.1) is 0 Å². The highest BCUT2D eigenvalue weighted by Crippen LogP contribution is 2.27. The number of nitrogens with one attached hydrogen (secondary N) is 1. The number of hydrogen-bond acceptors (Lipinski definition) is 4. The van der Waals surface area contributed by atoms with Crippen LogP contribution in [0.3, 0.4) is 0 Å². The molecule has 5 heteroatoms. The zero-order valence-corrected chi connectivity index (χ0v) is 15.8. The van der Waals surface area contributed by atoms with Gasteiger partial charge in [0.05, 0.1) is 16.9 Å². The molecule has 0 amide bonds. The van der Waals surface area contributed by atoms with Crippen molar-refractivity contribution in [2.45, 2.75) is 65.2 Å². The van der Waals surface area contributed by atoms with Gasteiger partial charge in [0.15, 0.2) is 0 Å². The zero-order chi connectivity index (χ0) is 18.0. The molecule has 0 saturated carbocycles. The van der Waals surface area contributed by atoms with E-state index < -0.39 is 0 Å². The number of piperazine rings is 1. The van der Waals surface area contributed by atoms with E-state index in [4.69, 9.17) is 4.98 Å². The van der Waals surface area contributed by atoms with Crippen LogP contribution < -0.4 is 10.9 Å². The molecule has 0 radical (unpaired) electrons. The fourth-order valence-corrected chi connectivity index (χ4v) is 4.12. The number of aromatic nitrogens is 2. The minimum absolute atomic E-state index is 0.0837. The number of para-hydroxylation sites is 1. The quantitative estimate of drug-likeness (QED) is 0.908. The summed E-state index contributed by atoms with van der Waals surface area (Å²) in [4.78, 5) is 20.5. The van der Waals surface area contributed by atoms with Gasteiger partial charge in [-0.25, -0.2) is 4.98 Å². The Morgan fingerprint density at radius 3 is 2.52 bits per heavy atom. The van der Waals surface area contributed by atoms with Crippen molar-refractivity contribution in [3.63, 3.8) is 0 Å². The molecular formula is C20H30N4O. The highest BCUT2D eigenvalue weighted by molar-refractivity contribution is 5.77. The van der Waals surface area contributed by atoms with Crippen LogP contribution in [0.1, 0.15) is 52.4 Å². The van der Waals surface area contributed by atoms with Gasteiger partial charge in [-0.1, -0.05) is 25.5 Å². The molecule has 5 nitrogen and oxygen atoms in total. The molecule has 0 unspecified atom stereocenters. The molecule has 1 aromatic heterocycles. The van der Waals surface area contributed by atoms with Crippen LogP contribution in [-0.2, 0) is 6.54 Å². The molecule has 3 rings (SSSR count). The van der Waals surface area contributed by atoms with Gasteiger partial charge < -0.3 is 5.32 Å². The fourth-order valence-electron chi connectivity index (χ4n) is 4.12. The first-order valence-electron chi connectivity index (χ1n) is 9.54. The van der Waals surface area contributed by atoms with E-state index in [1.54, 1.807) is 0 Å². The molecule has 0 spiro atoms. The Hall–Kier alpha value is -1.72. The molecule has 2 heterocycles. The molecule has 3 atom stereocenters. The van der Waals surface area contributed by atoms with Gasteiger partial charge in [0.25, 0.3) is 5.56 Å². The summed E-state index contributed by atoms with van der Waals surface area (Å²) >= 11 is 0. The third-order valence-electron chi connectivity index (χ3n) is 5.09. The summed E-state index contributed by atoms with van der Waals surface area (Å²) in [6.07, 6.45) is 2.09. The van der Waals surface area contributed by atoms with Crippen LogP contribution in [0.2, 0.25) is 0 Å². The van der Waals surface area contributed by atoms with Crippen molar-refractivity contribution in [3.8, 4) is 0 Å². The van der Waals surface area contributed by atoms with Crippen LogP contribution in [0, 0.1) is 0 Å². The van der Waals surface area contributed by atoms with E-state index in [1.165, 1.54) is 0 Å². The molecular weight excluding hydrogens is 312 g/mol. The van der Waals surface area contributed by atoms with Crippen molar-refractivity contribution < 1.29 is 0 Å². The van der Waals surface area contributed by atoms with Gasteiger partial charge >= 0.3 is 0 Å². The third-order valence-corrected chi connectivity index (χ3v) is 5.09. The van der Waals surface area contributed by atoms with Crippen LogP contribution in [0.25, 0.3) is 10.9 Å². The summed E-state index contributed by atoms with van der Waals surface area (Å²) < 4.78 is 1.88. The molecule has 1 fully saturated rings. The fraction of sp³-hybridized carbons (Fsp3) is 0.600. The summed E-state index contributed by atoms with van der Waals surface area (Å²) in [5.41, 5.74) is 0.893. The molecule has 1 saturated heterocycles. The van der Waals surface area contributed by atoms with E-state index in [2.05, 4.69) is 31.0 Å². The predicted molar refractivity (Wildman–Crippen MR) is 103 cm³/mol. The molecule has 1 N–H and O–H groups in total. The Kier molecular flexibility index (Phi) is 5.54. The van der Waals surface area contributed by atoms with Gasteiger partial charge in [0.2, 0.25) is 0 Å². The average Bonchev–Trinajstić information content (AvgIpc) is 2.59. The maximum atomic E-state index is 13.0. The lowest BCUT2D eigenvalue weighted by Crippen LogP contribution is -2.55. The van der Waals surface area contributed by atoms with Gasteiger partial charge in [-0.3, -0.25) is 14.3 Å². The summed E-state index contributed by atoms with van der Waals surface area (Å²) in [7, 11) is 0. The first-order valence-corrected chi connectivity index (χ1v) is 9.54. The van der Waals surface area contributed by atoms with E-state index in [0.717, 1.165) is 37.3 Å². The number of rotatable bonds is 5. The third kappa shape index (κ3) is 3.62. The number of benzene rings is 1. The molecule has 0 aliphatic carbocycles. The lowest BCUT2D eigenvalue weighted by molar-refractivity contribution is 0.109. The first kappa shape index (κ1) is 18.1. The monoisotopic (exact) mass is 342 g/mol. The van der Waals surface area contributed by atoms with E-state index in [0.29, 0.717) is 24.0 Å². The molecule has 1 aliphatic rings. The largest absolute Gasteiger partial charge is 0.309 e. The van der Waals surface area contributed by atoms with Crippen molar-refractivity contribution in [2.24, 2.45) is 0 Å². The van der Waals surface area contributed by atoms with Crippen LogP contribution in [0.4, 0.5) is 0 Å². The molecule has 25 heavy (non-hydrogen) atoms. The van der Waals surface area contributed by atoms with Gasteiger partial charge in [-0.05, 0) is 39.3 Å². The minimum Gasteiger partial charge on any atom is -0.309 e. The molecule has 0 bridgehead atoms. The summed E-state index contributed by atoms with van der Waals surface area (Å²) in [6, 6.07) is 8.79. The number of fused-ring (bicyclic) bond motifs is 1. The van der Waals surface area contributed by atoms with Crippen molar-refractivity contribution in [3.05, 3.63) is 40.4 Å². The first-order chi connectivity index (χ1) is 12.0. The number of nitrogens with zero attached hydrogens (tertiary/aromatic N) is 3. The lowest BCUT2D eigenvalue weighted by atomic mass is 10.0. The highest BCUT2D eigenvalue weighted by atomic mass is 16.1. The Morgan fingerprint density at radius 2 is 1.88 bits per heavy atom. The maximum absolute atomic E-state index is 13.0. The van der Waals surface area contributed by atoms with Crippen LogP contribution >= 0.6 is 0 Å². The van der Waals surface area contributed by atoms with Gasteiger partial charge in [-0.2, -0.15) is 0 Å². The molecule has 1 aromatic carbocycles. The normalized spacial score (nSPS) is 23.0. The van der Waals surface area contributed by atoms with E-state index in [1.807, 2.05) is 35.8 Å². The second-order valence-electron chi connectivity index (χ2n) is 7.26. The standard InChI is InChI=1S/C20H30N4O/c1-5-9-18(23-12-14(3)21-15(4)13-23)19-22-17-11-8-7-10-16(17)20(25)24(19)6-2/h7-8,10-11,14-15,18,21H,5-6,9,12-13H2,1-4H3/t14-,15+,18-/m0/s1. The van der Waals surface area contributed by atoms with E-state index in [-0.39, 0.29) is 11.6 Å². The minimum atomic E-state index is 0.0837. The molecule has 136 valence electrons. The van der Waals surface area contributed by atoms with Crippen molar-refractivity contribution in [1.29, 1.82) is 0 Å². The van der Waals surface area contributed by atoms with Crippen molar-refractivity contribution in [2.75, 3.05) is 13.1 Å². The van der Waals surface area contributed by atoms with Crippen LogP contribution in [0.5, 0.6) is 0 Å². The SMILES string of the molecule is CCC[C@@H](c1nc2ccccc2c(=O)n1CC)N1C[C@@H](C)N[C@@H](C)C1. The average molecular weight is 342 g/mol. The maximum Gasteiger partial charge on any atom is 0.261 e. The Balaban J connectivity index is 2.11. The van der Waals surface area contributed by atoms with Gasteiger partial charge in [0.1, 0.15) is 5.82 Å². The topological polar surface area (TPSA) is 50.2 Å². The van der Waals surface area contributed by atoms with Crippen LogP contribution in [0.15, 0.2) is 29.1 Å². The Morgan fingerprint density at radius 1 is 1.20 bits per heavy atom. The summed E-state index contributed by atoms with van der Waals surface area (Å²) in [5.74, 6) is 0.925. The van der Waals surface area contributed by atoms with Crippen LogP contribution in [-0.4, -0.2) is 39.6 Å². The van der Waals surface area contributed by atoms with E-state index >= 15 is 0 Å². The second-order valence-corrected chi connectivity index (χ2v) is 7.26. The van der Waals surface area contributed by atoms with Gasteiger partial charge in [0, 0.05) is 31.7 Å². The Labute approximate surface area is 150 Å². The van der Waals surface area contributed by atoms with Crippen molar-refractivity contribution >= 4 is 10.9 Å². The molecule has 2 aromatic rings. The number of hydrogen-bond donors (Lipinski definition) is 1. The summed E-state index contributed by atoms with van der Waals surface area (Å²) in [6.45, 7) is 11.3. The highest BCUT2D eigenvalue weighted by Gasteiger charge is 2.30. The predicted octanol–water partition coefficient (Wildman–Crippen LogP) is 2.94. The van der Waals surface area contributed by atoms with E-state index in [9.17, 15) is 4.79 Å². The second kappa shape index (κ2) is 7.67. The molecule has 1 aliphatic heterocycles. The summed E-state index contributed by atoms with van der Waals surface area (Å²) in [5, 5.41) is 4.31. The lowest BCUT2D eigenvalue weighted by Gasteiger charge is -2.41. The zero-order valence-electron chi connectivity index (χ0n) is 15.8. The van der Waals surface area contributed by atoms with Crippen molar-refractivity contribution in [1.82, 2.24) is 19.8 Å². The Bertz CT molecular complexity index is 775. The smallest absolute Gasteiger partial charge is 0.261 e.